The second-order valence-electron chi connectivity index (χ2n) is 17.6. The smallest absolute Gasteiger partial charge is 0.174 e. The summed E-state index contributed by atoms with van der Waals surface area (Å²) in [5.41, 5.74) is 2.66. The Kier molecular flexibility index (Phi) is 6.01. The van der Waals surface area contributed by atoms with Crippen LogP contribution in [0, 0.1) is 11.8 Å². The van der Waals surface area contributed by atoms with Gasteiger partial charge in [0.05, 0.1) is 22.0 Å². The van der Waals surface area contributed by atoms with Crippen LogP contribution in [0.5, 0.6) is 23.0 Å². The molecule has 50 heavy (non-hydrogen) atoms. The number of Topliss-reactive ketones (excluding diaryl/α,β-unsaturated/α-hetero) is 1. The number of aliphatic hydroxyl groups is 2. The number of piperidine rings is 2. The van der Waals surface area contributed by atoms with Gasteiger partial charge in [-0.3, -0.25) is 14.6 Å². The van der Waals surface area contributed by atoms with Gasteiger partial charge in [-0.15, -0.1) is 0 Å². The second-order valence-corrected chi connectivity index (χ2v) is 17.6. The first-order valence-electron chi connectivity index (χ1n) is 19.3. The van der Waals surface area contributed by atoms with Gasteiger partial charge in [-0.2, -0.15) is 0 Å². The van der Waals surface area contributed by atoms with Gasteiger partial charge in [-0.05, 0) is 124 Å². The highest BCUT2D eigenvalue weighted by atomic mass is 16.5. The minimum atomic E-state index is -0.940. The molecule has 2 aromatic rings. The standard InChI is InChI=1S/C21H25NO3.C20H23NO4/c1-12-6-7-21(24)16-10-14-4-5-15(23)18-17(14)20(21,19(12)25-18)8-9-22(16)11-13-2-3-13;22-13-4-3-12-9-15-20(24)6-5-14(23)18-19(20,16(12)17(13)25-18)7-8-21(15)10-11-1-2-11/h4-5,13,16,19,23-24H,1-3,6-11H2;3-4,11,15,18,22,24H,1-2,5-10H2/t16-,19-,20?,21+;15-,18-,19?,20+/m00/s1. The zero-order valence-electron chi connectivity index (χ0n) is 28.7. The van der Waals surface area contributed by atoms with Crippen molar-refractivity contribution in [3.05, 3.63) is 58.7 Å². The molecule has 9 nitrogen and oxygen atoms in total. The summed E-state index contributed by atoms with van der Waals surface area (Å²) in [6, 6.07) is 7.65. The van der Waals surface area contributed by atoms with E-state index >= 15 is 0 Å². The van der Waals surface area contributed by atoms with Crippen LogP contribution in [0.25, 0.3) is 0 Å². The Morgan fingerprint density at radius 3 is 1.70 bits per heavy atom. The fourth-order valence-electron chi connectivity index (χ4n) is 12.7. The molecule has 0 radical (unpaired) electrons. The Morgan fingerprint density at radius 1 is 0.700 bits per heavy atom. The van der Waals surface area contributed by atoms with E-state index in [4.69, 9.17) is 9.47 Å². The molecule has 264 valence electrons. The first-order chi connectivity index (χ1) is 24.1. The highest BCUT2D eigenvalue weighted by Gasteiger charge is 2.74. The van der Waals surface area contributed by atoms with E-state index in [9.17, 15) is 25.2 Å². The van der Waals surface area contributed by atoms with Crippen LogP contribution >= 0.6 is 0 Å². The molecule has 4 N–H and O–H groups in total. The Balaban J connectivity index is 0.000000120. The third-order valence-corrected chi connectivity index (χ3v) is 15.3. The lowest BCUT2D eigenvalue weighted by Gasteiger charge is -2.63. The van der Waals surface area contributed by atoms with E-state index in [1.807, 2.05) is 12.1 Å². The Hall–Kier alpha value is -3.11. The van der Waals surface area contributed by atoms with Crippen LogP contribution in [-0.2, 0) is 28.5 Å². The highest BCUT2D eigenvalue weighted by molar-refractivity contribution is 5.90. The van der Waals surface area contributed by atoms with Crippen molar-refractivity contribution >= 4 is 5.78 Å². The van der Waals surface area contributed by atoms with E-state index in [0.717, 1.165) is 98.8 Å². The summed E-state index contributed by atoms with van der Waals surface area (Å²) in [7, 11) is 0. The molecular weight excluding hydrogens is 632 g/mol. The molecule has 6 aliphatic carbocycles. The summed E-state index contributed by atoms with van der Waals surface area (Å²) >= 11 is 0. The number of nitrogens with zero attached hydrogens (tertiary/aromatic N) is 2. The number of carbonyl (C=O) groups is 1. The predicted molar refractivity (Wildman–Crippen MR) is 184 cm³/mol. The van der Waals surface area contributed by atoms with Crippen molar-refractivity contribution in [2.45, 2.75) is 123 Å². The first-order valence-corrected chi connectivity index (χ1v) is 19.3. The molecule has 0 amide bonds. The molecule has 10 aliphatic rings. The number of phenolic OH excluding ortho intramolecular Hbond substituents is 2. The van der Waals surface area contributed by atoms with Crippen LogP contribution < -0.4 is 9.47 Å². The molecule has 8 atom stereocenters. The molecule has 4 saturated carbocycles. The molecule has 12 rings (SSSR count). The average molecular weight is 681 g/mol. The van der Waals surface area contributed by atoms with Gasteiger partial charge in [0.2, 0.25) is 0 Å². The summed E-state index contributed by atoms with van der Waals surface area (Å²) in [5.74, 6) is 3.03. The minimum absolute atomic E-state index is 0.0454. The van der Waals surface area contributed by atoms with Gasteiger partial charge in [0.25, 0.3) is 0 Å². The number of ketones is 1. The topological polar surface area (TPSA) is 123 Å². The number of carbonyl (C=O) groups excluding carboxylic acids is 1. The maximum atomic E-state index is 12.7. The molecule has 4 heterocycles. The van der Waals surface area contributed by atoms with E-state index < -0.39 is 28.1 Å². The molecule has 4 bridgehead atoms. The summed E-state index contributed by atoms with van der Waals surface area (Å²) in [5, 5.41) is 44.8. The number of aromatic hydroxyl groups is 2. The number of ether oxygens (including phenoxy) is 2. The van der Waals surface area contributed by atoms with Crippen LogP contribution in [0.4, 0.5) is 0 Å². The molecule has 9 heteroatoms. The zero-order valence-corrected chi connectivity index (χ0v) is 28.7. The molecule has 0 aromatic heterocycles. The summed E-state index contributed by atoms with van der Waals surface area (Å²) in [6.07, 6.45) is 10.1. The molecule has 2 aromatic carbocycles. The fraction of sp³-hybridized carbons (Fsp3) is 0.634. The largest absolute Gasteiger partial charge is 0.504 e. The lowest BCUT2D eigenvalue weighted by molar-refractivity contribution is -0.188. The van der Waals surface area contributed by atoms with Crippen molar-refractivity contribution in [1.82, 2.24) is 9.80 Å². The van der Waals surface area contributed by atoms with E-state index in [-0.39, 0.29) is 35.5 Å². The summed E-state index contributed by atoms with van der Waals surface area (Å²) in [4.78, 5) is 17.7. The van der Waals surface area contributed by atoms with Crippen molar-refractivity contribution in [3.8, 4) is 23.0 Å². The third-order valence-electron chi connectivity index (χ3n) is 15.3. The molecule has 6 fully saturated rings. The van der Waals surface area contributed by atoms with Gasteiger partial charge >= 0.3 is 0 Å². The van der Waals surface area contributed by atoms with Gasteiger partial charge in [0.1, 0.15) is 6.10 Å². The molecule has 2 unspecified atom stereocenters. The van der Waals surface area contributed by atoms with Crippen LogP contribution in [0.1, 0.15) is 86.5 Å². The molecule has 2 spiro atoms. The number of benzene rings is 2. The van der Waals surface area contributed by atoms with E-state index in [1.165, 1.54) is 31.2 Å². The van der Waals surface area contributed by atoms with Crippen molar-refractivity contribution in [2.75, 3.05) is 26.2 Å². The Bertz CT molecular complexity index is 1740. The fourth-order valence-corrected chi connectivity index (χ4v) is 12.7. The van der Waals surface area contributed by atoms with Gasteiger partial charge in [-0.1, -0.05) is 18.7 Å². The lowest BCUT2D eigenvalue weighted by Crippen LogP contribution is -2.76. The SMILES string of the molecule is C=C1CC[C@@]2(O)[C@@H]3Cc4ccc(O)c5c4C2(CCN3CC2CC2)[C@H]1O5.O=C1CC[C@@]2(O)[C@@H]3Cc4ccc(O)c5c4C2(CCN3CC2CC2)[C@H]1O5. The van der Waals surface area contributed by atoms with Crippen LogP contribution in [-0.4, -0.2) is 97.7 Å². The molecule has 4 aliphatic heterocycles. The summed E-state index contributed by atoms with van der Waals surface area (Å²) < 4.78 is 12.3. The van der Waals surface area contributed by atoms with E-state index in [2.05, 4.69) is 16.4 Å². The maximum absolute atomic E-state index is 12.7. The number of rotatable bonds is 4. The van der Waals surface area contributed by atoms with Crippen molar-refractivity contribution in [1.29, 1.82) is 0 Å². The van der Waals surface area contributed by atoms with Gasteiger partial charge < -0.3 is 29.9 Å². The predicted octanol–water partition coefficient (Wildman–Crippen LogP) is 4.04. The van der Waals surface area contributed by atoms with Crippen LogP contribution in [0.15, 0.2) is 36.4 Å². The van der Waals surface area contributed by atoms with Crippen LogP contribution in [0.2, 0.25) is 0 Å². The van der Waals surface area contributed by atoms with Crippen molar-refractivity contribution < 1.29 is 34.7 Å². The number of hydrogen-bond acceptors (Lipinski definition) is 9. The minimum Gasteiger partial charge on any atom is -0.504 e. The van der Waals surface area contributed by atoms with Crippen molar-refractivity contribution in [3.63, 3.8) is 0 Å². The van der Waals surface area contributed by atoms with Gasteiger partial charge in [0, 0.05) is 42.7 Å². The molecular formula is C41H48N2O7. The maximum Gasteiger partial charge on any atom is 0.174 e. The first kappa shape index (κ1) is 30.5. The highest BCUT2D eigenvalue weighted by Crippen LogP contribution is 2.67. The van der Waals surface area contributed by atoms with Gasteiger partial charge in [-0.25, -0.2) is 0 Å². The number of phenols is 2. The lowest BCUT2D eigenvalue weighted by atomic mass is 9.48. The monoisotopic (exact) mass is 680 g/mol. The van der Waals surface area contributed by atoms with E-state index in [1.54, 1.807) is 12.1 Å². The van der Waals surface area contributed by atoms with E-state index in [0.29, 0.717) is 24.3 Å². The number of likely N-dealkylation sites (tertiary alicyclic amines) is 2. The average Bonchev–Trinajstić information content (AvgIpc) is 4.02. The quantitative estimate of drug-likeness (QED) is 0.355. The van der Waals surface area contributed by atoms with Crippen LogP contribution in [0.3, 0.4) is 0 Å². The third kappa shape index (κ3) is 3.60. The summed E-state index contributed by atoms with van der Waals surface area (Å²) in [6.45, 7) is 8.36. The number of hydrogen-bond donors (Lipinski definition) is 4. The Labute approximate surface area is 292 Å². The molecule has 2 saturated heterocycles. The second kappa shape index (κ2) is 9.85. The van der Waals surface area contributed by atoms with Crippen molar-refractivity contribution in [2.24, 2.45) is 11.8 Å². The normalized spacial score (nSPS) is 41.4. The van der Waals surface area contributed by atoms with Gasteiger partial charge in [0.15, 0.2) is 34.9 Å². The Morgan fingerprint density at radius 2 is 1.18 bits per heavy atom. The zero-order chi connectivity index (χ0) is 33.9.